The van der Waals surface area contributed by atoms with Gasteiger partial charge in [0.15, 0.2) is 0 Å². The first-order valence-electron chi connectivity index (χ1n) is 14.3. The van der Waals surface area contributed by atoms with Crippen molar-refractivity contribution in [1.82, 2.24) is 9.97 Å². The van der Waals surface area contributed by atoms with Gasteiger partial charge >= 0.3 is 5.97 Å². The van der Waals surface area contributed by atoms with E-state index in [-0.39, 0.29) is 22.9 Å². The standard InChI is InChI=1S/C33H35N3O5S/c1-3-18-33(19-17-23-11-6-5-7-12-23)21-29(37)30(31(38)41-33)27(4-2)24-14-10-15-26(20-24)36-42(39,40)32-34-22-25-13-8-9-16-28(25)35-32/h5-16,20,22,27,36-37H,3-4,17-19,21H2,1-2H3. The normalized spacial score (nSPS) is 18.1. The molecule has 1 aromatic heterocycles. The lowest BCUT2D eigenvalue weighted by molar-refractivity contribution is -0.161. The second-order valence-electron chi connectivity index (χ2n) is 10.7. The highest BCUT2D eigenvalue weighted by molar-refractivity contribution is 7.92. The number of aliphatic hydroxyl groups is 1. The maximum absolute atomic E-state index is 13.5. The number of nitrogens with one attached hydrogen (secondary N) is 1. The quantitative estimate of drug-likeness (QED) is 0.146. The zero-order valence-corrected chi connectivity index (χ0v) is 24.6. The fourth-order valence-corrected chi connectivity index (χ4v) is 6.67. The highest BCUT2D eigenvalue weighted by Crippen LogP contribution is 2.42. The van der Waals surface area contributed by atoms with Crippen LogP contribution in [0.15, 0.2) is 102 Å². The number of cyclic esters (lactones) is 1. The Kier molecular flexibility index (Phi) is 8.59. The summed E-state index contributed by atoms with van der Waals surface area (Å²) in [5, 5.41) is 11.7. The molecule has 3 aromatic carbocycles. The molecule has 0 radical (unpaired) electrons. The minimum atomic E-state index is -4.08. The number of aromatic nitrogens is 2. The first kappa shape index (κ1) is 29.3. The largest absolute Gasteiger partial charge is 0.512 e. The van der Waals surface area contributed by atoms with Gasteiger partial charge in [-0.3, -0.25) is 4.72 Å². The van der Waals surface area contributed by atoms with Crippen LogP contribution in [-0.2, 0) is 26.0 Å². The second-order valence-corrected chi connectivity index (χ2v) is 12.3. The molecule has 2 unspecified atom stereocenters. The van der Waals surface area contributed by atoms with E-state index in [1.54, 1.807) is 30.3 Å². The van der Waals surface area contributed by atoms with E-state index < -0.39 is 27.5 Å². The molecule has 4 aromatic rings. The molecule has 2 N–H and O–H groups in total. The SMILES string of the molecule is CCCC1(CCc2ccccc2)CC(O)=C(C(CC)c2cccc(NS(=O)(=O)c3ncc4ccccc4n3)c2)C(=O)O1. The first-order chi connectivity index (χ1) is 20.2. The van der Waals surface area contributed by atoms with E-state index in [2.05, 4.69) is 14.7 Å². The molecule has 42 heavy (non-hydrogen) atoms. The van der Waals surface area contributed by atoms with E-state index in [9.17, 15) is 18.3 Å². The number of esters is 1. The Morgan fingerprint density at radius 2 is 1.76 bits per heavy atom. The van der Waals surface area contributed by atoms with E-state index in [1.807, 2.05) is 62.4 Å². The lowest BCUT2D eigenvalue weighted by Crippen LogP contribution is -2.41. The fraction of sp³-hybridized carbons (Fsp3) is 0.303. The maximum Gasteiger partial charge on any atom is 0.338 e. The molecule has 5 rings (SSSR count). The van der Waals surface area contributed by atoms with Crippen molar-refractivity contribution in [2.24, 2.45) is 0 Å². The minimum absolute atomic E-state index is 0.0372. The van der Waals surface area contributed by atoms with Crippen molar-refractivity contribution in [1.29, 1.82) is 0 Å². The van der Waals surface area contributed by atoms with Crippen LogP contribution in [0.1, 0.15) is 63.0 Å². The molecule has 0 amide bonds. The summed E-state index contributed by atoms with van der Waals surface area (Å²) in [6.07, 6.45) is 5.03. The van der Waals surface area contributed by atoms with Crippen LogP contribution >= 0.6 is 0 Å². The summed E-state index contributed by atoms with van der Waals surface area (Å²) in [6, 6.07) is 24.0. The second kappa shape index (κ2) is 12.3. The Bertz CT molecular complexity index is 1720. The molecule has 0 spiro atoms. The minimum Gasteiger partial charge on any atom is -0.512 e. The highest BCUT2D eigenvalue weighted by Gasteiger charge is 2.43. The predicted molar refractivity (Wildman–Crippen MR) is 163 cm³/mol. The van der Waals surface area contributed by atoms with Gasteiger partial charge in [-0.15, -0.1) is 0 Å². The average Bonchev–Trinajstić information content (AvgIpc) is 2.98. The summed E-state index contributed by atoms with van der Waals surface area (Å²) in [5.74, 6) is -0.967. The topological polar surface area (TPSA) is 118 Å². The zero-order chi connectivity index (χ0) is 29.7. The summed E-state index contributed by atoms with van der Waals surface area (Å²) in [5.41, 5.74) is 2.11. The van der Waals surface area contributed by atoms with Crippen LogP contribution in [0.25, 0.3) is 10.9 Å². The van der Waals surface area contributed by atoms with Crippen molar-refractivity contribution in [2.75, 3.05) is 4.72 Å². The molecule has 1 aliphatic rings. The molecule has 0 saturated carbocycles. The third-order valence-corrected chi connectivity index (χ3v) is 8.93. The zero-order valence-electron chi connectivity index (χ0n) is 23.8. The molecule has 2 heterocycles. The molecule has 8 nitrogen and oxygen atoms in total. The van der Waals surface area contributed by atoms with Gasteiger partial charge in [0, 0.05) is 29.6 Å². The molecule has 1 aliphatic heterocycles. The van der Waals surface area contributed by atoms with E-state index >= 15 is 0 Å². The fourth-order valence-electron chi connectivity index (χ4n) is 5.74. The lowest BCUT2D eigenvalue weighted by Gasteiger charge is -2.38. The van der Waals surface area contributed by atoms with Crippen LogP contribution in [0, 0.1) is 0 Å². The van der Waals surface area contributed by atoms with Crippen molar-refractivity contribution in [3.05, 3.63) is 108 Å². The Hall–Kier alpha value is -4.24. The van der Waals surface area contributed by atoms with Gasteiger partial charge < -0.3 is 9.84 Å². The third kappa shape index (κ3) is 6.31. The van der Waals surface area contributed by atoms with Crippen molar-refractivity contribution < 1.29 is 23.1 Å². The van der Waals surface area contributed by atoms with Crippen molar-refractivity contribution in [3.63, 3.8) is 0 Å². The number of anilines is 1. The number of aliphatic hydroxyl groups excluding tert-OH is 1. The monoisotopic (exact) mass is 585 g/mol. The molecular weight excluding hydrogens is 550 g/mol. The van der Waals surface area contributed by atoms with E-state index in [1.165, 1.54) is 6.20 Å². The van der Waals surface area contributed by atoms with Crippen molar-refractivity contribution in [3.8, 4) is 0 Å². The number of carbonyl (C=O) groups is 1. The number of carbonyl (C=O) groups excluding carboxylic acids is 1. The van der Waals surface area contributed by atoms with Gasteiger partial charge in [0.2, 0.25) is 0 Å². The smallest absolute Gasteiger partial charge is 0.338 e. The number of sulfonamides is 1. The van der Waals surface area contributed by atoms with E-state index in [4.69, 9.17) is 4.74 Å². The van der Waals surface area contributed by atoms with Gasteiger partial charge in [-0.2, -0.15) is 8.42 Å². The van der Waals surface area contributed by atoms with Crippen molar-refractivity contribution in [2.45, 2.75) is 69.0 Å². The van der Waals surface area contributed by atoms with Gasteiger partial charge in [0.25, 0.3) is 15.2 Å². The van der Waals surface area contributed by atoms with Crippen LogP contribution in [0.5, 0.6) is 0 Å². The summed E-state index contributed by atoms with van der Waals surface area (Å²) >= 11 is 0. The van der Waals surface area contributed by atoms with Crippen molar-refractivity contribution >= 4 is 32.6 Å². The van der Waals surface area contributed by atoms with Gasteiger partial charge in [-0.25, -0.2) is 14.8 Å². The predicted octanol–water partition coefficient (Wildman–Crippen LogP) is 6.85. The molecule has 0 fully saturated rings. The highest BCUT2D eigenvalue weighted by atomic mass is 32.2. The molecule has 0 bridgehead atoms. The van der Waals surface area contributed by atoms with Crippen LogP contribution < -0.4 is 4.72 Å². The van der Waals surface area contributed by atoms with Crippen LogP contribution in [0.3, 0.4) is 0 Å². The number of para-hydroxylation sites is 1. The average molecular weight is 586 g/mol. The summed E-state index contributed by atoms with van der Waals surface area (Å²) < 4.78 is 35.0. The summed E-state index contributed by atoms with van der Waals surface area (Å²) in [6.45, 7) is 3.96. The molecule has 218 valence electrons. The Morgan fingerprint density at radius 1 is 1.00 bits per heavy atom. The van der Waals surface area contributed by atoms with Crippen LogP contribution in [0.4, 0.5) is 5.69 Å². The third-order valence-electron chi connectivity index (χ3n) is 7.75. The Morgan fingerprint density at radius 3 is 2.50 bits per heavy atom. The number of nitrogens with zero attached hydrogens (tertiary/aromatic N) is 2. The number of hydrogen-bond acceptors (Lipinski definition) is 7. The Labute approximate surface area is 246 Å². The number of benzene rings is 3. The molecular formula is C33H35N3O5S. The van der Waals surface area contributed by atoms with Crippen LogP contribution in [0.2, 0.25) is 0 Å². The number of ether oxygens (including phenoxy) is 1. The first-order valence-corrected chi connectivity index (χ1v) is 15.8. The van der Waals surface area contributed by atoms with E-state index in [0.717, 1.165) is 23.8 Å². The summed E-state index contributed by atoms with van der Waals surface area (Å²) in [4.78, 5) is 21.8. The van der Waals surface area contributed by atoms with Gasteiger partial charge in [-0.05, 0) is 55.0 Å². The molecule has 0 aliphatic carbocycles. The molecule has 0 saturated heterocycles. The van der Waals surface area contributed by atoms with Crippen LogP contribution in [-0.4, -0.2) is 35.1 Å². The number of aryl methyl sites for hydroxylation is 1. The molecule has 9 heteroatoms. The maximum atomic E-state index is 13.5. The number of rotatable bonds is 11. The van der Waals surface area contributed by atoms with Gasteiger partial charge in [0.1, 0.15) is 11.4 Å². The van der Waals surface area contributed by atoms with E-state index in [0.29, 0.717) is 36.0 Å². The van der Waals surface area contributed by atoms with Gasteiger partial charge in [0.05, 0.1) is 11.1 Å². The molecule has 2 atom stereocenters. The number of fused-ring (bicyclic) bond motifs is 1. The number of hydrogen-bond donors (Lipinski definition) is 2. The Balaban J connectivity index is 1.39. The summed E-state index contributed by atoms with van der Waals surface area (Å²) in [7, 11) is -4.08. The lowest BCUT2D eigenvalue weighted by atomic mass is 9.80. The van der Waals surface area contributed by atoms with Gasteiger partial charge in [-0.1, -0.05) is 80.9 Å².